The number of benzene rings is 1. The maximum Gasteiger partial charge on any atom is 0.113 e. The van der Waals surface area contributed by atoms with Crippen LogP contribution in [-0.2, 0) is 5.54 Å². The maximum absolute atomic E-state index is 4.71. The molecule has 0 bridgehead atoms. The Hall–Kier alpha value is -1.39. The second kappa shape index (κ2) is 5.54. The van der Waals surface area contributed by atoms with Crippen molar-refractivity contribution in [3.8, 4) is 0 Å². The Balaban J connectivity index is 1.76. The number of hydrogen-bond acceptors (Lipinski definition) is 4. The van der Waals surface area contributed by atoms with Crippen molar-refractivity contribution in [1.29, 1.82) is 0 Å². The van der Waals surface area contributed by atoms with Gasteiger partial charge in [0.05, 0.1) is 5.54 Å². The van der Waals surface area contributed by atoms with Gasteiger partial charge in [-0.25, -0.2) is 4.98 Å². The molecule has 0 radical (unpaired) electrons. The zero-order chi connectivity index (χ0) is 14.0. The standard InChI is InChI=1S/C16H21N3S/c1-13-12-20-15(18-13)16(17-2)8-10-19(11-9-16)14-6-4-3-5-7-14/h3-7,12,17H,8-11H2,1-2H3. The summed E-state index contributed by atoms with van der Waals surface area (Å²) >= 11 is 1.78. The summed E-state index contributed by atoms with van der Waals surface area (Å²) in [5.41, 5.74) is 2.52. The van der Waals surface area contributed by atoms with Crippen LogP contribution in [0.4, 0.5) is 5.69 Å². The van der Waals surface area contributed by atoms with Crippen LogP contribution in [-0.4, -0.2) is 25.1 Å². The quantitative estimate of drug-likeness (QED) is 0.940. The van der Waals surface area contributed by atoms with Crippen molar-refractivity contribution < 1.29 is 0 Å². The first kappa shape index (κ1) is 13.6. The minimum absolute atomic E-state index is 0.0597. The fraction of sp³-hybridized carbons (Fsp3) is 0.438. The van der Waals surface area contributed by atoms with Gasteiger partial charge in [-0.15, -0.1) is 11.3 Å². The minimum Gasteiger partial charge on any atom is -0.371 e. The molecule has 1 N–H and O–H groups in total. The van der Waals surface area contributed by atoms with Gasteiger partial charge < -0.3 is 10.2 Å². The topological polar surface area (TPSA) is 28.2 Å². The van der Waals surface area contributed by atoms with Gasteiger partial charge in [-0.05, 0) is 38.9 Å². The number of hydrogen-bond donors (Lipinski definition) is 1. The summed E-state index contributed by atoms with van der Waals surface area (Å²) < 4.78 is 0. The average molecular weight is 287 g/mol. The smallest absolute Gasteiger partial charge is 0.113 e. The van der Waals surface area contributed by atoms with Crippen molar-refractivity contribution in [2.45, 2.75) is 25.3 Å². The summed E-state index contributed by atoms with van der Waals surface area (Å²) in [6, 6.07) is 10.7. The van der Waals surface area contributed by atoms with Crippen LogP contribution in [0.3, 0.4) is 0 Å². The molecule has 3 rings (SSSR count). The Morgan fingerprint density at radius 1 is 1.20 bits per heavy atom. The van der Waals surface area contributed by atoms with Crippen molar-refractivity contribution in [2.75, 3.05) is 25.0 Å². The third kappa shape index (κ3) is 2.45. The third-order valence-corrected chi connectivity index (χ3v) is 5.41. The molecule has 0 spiro atoms. The monoisotopic (exact) mass is 287 g/mol. The van der Waals surface area contributed by atoms with Gasteiger partial charge in [0.25, 0.3) is 0 Å². The molecule has 0 unspecified atom stereocenters. The Bertz CT molecular complexity index is 556. The first-order chi connectivity index (χ1) is 9.73. The summed E-state index contributed by atoms with van der Waals surface area (Å²) in [6.07, 6.45) is 2.21. The van der Waals surface area contributed by atoms with Crippen LogP contribution in [0.15, 0.2) is 35.7 Å². The van der Waals surface area contributed by atoms with Crippen LogP contribution in [0.25, 0.3) is 0 Å². The molecule has 2 heterocycles. The van der Waals surface area contributed by atoms with Crippen molar-refractivity contribution in [3.05, 3.63) is 46.4 Å². The van der Waals surface area contributed by atoms with Crippen molar-refractivity contribution in [1.82, 2.24) is 10.3 Å². The number of piperidine rings is 1. The molecular weight excluding hydrogens is 266 g/mol. The van der Waals surface area contributed by atoms with E-state index in [9.17, 15) is 0 Å². The molecule has 2 aromatic rings. The Kier molecular flexibility index (Phi) is 3.76. The molecule has 0 saturated carbocycles. The largest absolute Gasteiger partial charge is 0.371 e. The van der Waals surface area contributed by atoms with E-state index in [4.69, 9.17) is 4.98 Å². The van der Waals surface area contributed by atoms with Crippen molar-refractivity contribution >= 4 is 17.0 Å². The second-order valence-corrected chi connectivity index (χ2v) is 6.31. The van der Waals surface area contributed by atoms with Gasteiger partial charge in [0.15, 0.2) is 0 Å². The summed E-state index contributed by atoms with van der Waals surface area (Å²) in [6.45, 7) is 4.22. The number of aryl methyl sites for hydroxylation is 1. The molecule has 0 atom stereocenters. The molecule has 4 heteroatoms. The van der Waals surface area contributed by atoms with E-state index in [0.717, 1.165) is 31.6 Å². The Morgan fingerprint density at radius 2 is 1.90 bits per heavy atom. The lowest BCUT2D eigenvalue weighted by molar-refractivity contribution is 0.281. The molecule has 0 amide bonds. The molecule has 1 aromatic heterocycles. The summed E-state index contributed by atoms with van der Waals surface area (Å²) in [5.74, 6) is 0. The molecule has 1 aliphatic rings. The summed E-state index contributed by atoms with van der Waals surface area (Å²) in [4.78, 5) is 7.18. The SMILES string of the molecule is CNC1(c2nc(C)cs2)CCN(c2ccccc2)CC1. The van der Waals surface area contributed by atoms with Crippen LogP contribution in [0, 0.1) is 6.92 Å². The van der Waals surface area contributed by atoms with E-state index in [1.54, 1.807) is 11.3 Å². The molecule has 1 saturated heterocycles. The highest BCUT2D eigenvalue weighted by atomic mass is 32.1. The molecular formula is C16H21N3S. The number of nitrogens with zero attached hydrogens (tertiary/aromatic N) is 2. The Morgan fingerprint density at radius 3 is 2.45 bits per heavy atom. The highest BCUT2D eigenvalue weighted by Gasteiger charge is 2.37. The summed E-state index contributed by atoms with van der Waals surface area (Å²) in [7, 11) is 2.06. The molecule has 0 aliphatic carbocycles. The number of rotatable bonds is 3. The van der Waals surface area contributed by atoms with Crippen LogP contribution in [0.5, 0.6) is 0 Å². The Labute approximate surface area is 124 Å². The molecule has 106 valence electrons. The van der Waals surface area contributed by atoms with Gasteiger partial charge in [0, 0.05) is 29.9 Å². The van der Waals surface area contributed by atoms with E-state index in [2.05, 4.69) is 59.9 Å². The van der Waals surface area contributed by atoms with E-state index >= 15 is 0 Å². The highest BCUT2D eigenvalue weighted by molar-refractivity contribution is 7.09. The highest BCUT2D eigenvalue weighted by Crippen LogP contribution is 2.35. The predicted octanol–water partition coefficient (Wildman–Crippen LogP) is 3.17. The van der Waals surface area contributed by atoms with Gasteiger partial charge in [0.2, 0.25) is 0 Å². The third-order valence-electron chi connectivity index (χ3n) is 4.25. The van der Waals surface area contributed by atoms with Crippen LogP contribution in [0.2, 0.25) is 0 Å². The van der Waals surface area contributed by atoms with Crippen LogP contribution >= 0.6 is 11.3 Å². The molecule has 20 heavy (non-hydrogen) atoms. The van der Waals surface area contributed by atoms with Gasteiger partial charge in [0.1, 0.15) is 5.01 Å². The molecule has 1 aromatic carbocycles. The fourth-order valence-electron chi connectivity index (χ4n) is 2.93. The predicted molar refractivity (Wildman–Crippen MR) is 85.5 cm³/mol. The van der Waals surface area contributed by atoms with Gasteiger partial charge in [-0.3, -0.25) is 0 Å². The van der Waals surface area contributed by atoms with Crippen LogP contribution in [0.1, 0.15) is 23.5 Å². The van der Waals surface area contributed by atoms with E-state index in [-0.39, 0.29) is 5.54 Å². The zero-order valence-corrected chi connectivity index (χ0v) is 12.9. The van der Waals surface area contributed by atoms with E-state index in [1.165, 1.54) is 10.7 Å². The van der Waals surface area contributed by atoms with E-state index < -0.39 is 0 Å². The lowest BCUT2D eigenvalue weighted by Gasteiger charge is -2.41. The van der Waals surface area contributed by atoms with Crippen molar-refractivity contribution in [3.63, 3.8) is 0 Å². The molecule has 1 fully saturated rings. The lowest BCUT2D eigenvalue weighted by Crippen LogP contribution is -2.50. The first-order valence-corrected chi connectivity index (χ1v) is 8.03. The molecule has 3 nitrogen and oxygen atoms in total. The van der Waals surface area contributed by atoms with Gasteiger partial charge in [-0.1, -0.05) is 18.2 Å². The number of thiazole rings is 1. The van der Waals surface area contributed by atoms with Gasteiger partial charge >= 0.3 is 0 Å². The summed E-state index contributed by atoms with van der Waals surface area (Å²) in [5, 5.41) is 6.93. The van der Waals surface area contributed by atoms with Gasteiger partial charge in [-0.2, -0.15) is 0 Å². The minimum atomic E-state index is 0.0597. The van der Waals surface area contributed by atoms with E-state index in [1.807, 2.05) is 0 Å². The molecule has 1 aliphatic heterocycles. The fourth-order valence-corrected chi connectivity index (χ4v) is 3.99. The van der Waals surface area contributed by atoms with Crippen LogP contribution < -0.4 is 10.2 Å². The number of nitrogens with one attached hydrogen (secondary N) is 1. The van der Waals surface area contributed by atoms with Crippen molar-refractivity contribution in [2.24, 2.45) is 0 Å². The lowest BCUT2D eigenvalue weighted by atomic mass is 9.88. The zero-order valence-electron chi connectivity index (χ0n) is 12.1. The van der Waals surface area contributed by atoms with E-state index in [0.29, 0.717) is 0 Å². The first-order valence-electron chi connectivity index (χ1n) is 7.15. The number of anilines is 1. The number of para-hydroxylation sites is 1. The number of aromatic nitrogens is 1. The average Bonchev–Trinajstić information content (AvgIpc) is 2.95. The maximum atomic E-state index is 4.71. The second-order valence-electron chi connectivity index (χ2n) is 5.45. The normalized spacial score (nSPS) is 18.2.